The lowest BCUT2D eigenvalue weighted by molar-refractivity contribution is -0.116. The van der Waals surface area contributed by atoms with Crippen molar-refractivity contribution in [1.29, 1.82) is 0 Å². The van der Waals surface area contributed by atoms with Gasteiger partial charge in [-0.25, -0.2) is 0 Å². The molecule has 0 atom stereocenters. The fourth-order valence-corrected chi connectivity index (χ4v) is 1.12. The largest absolute Gasteiger partial charge is 0.496 e. The van der Waals surface area contributed by atoms with E-state index in [0.29, 0.717) is 6.42 Å². The molecule has 78 valence electrons. The fraction of sp³-hybridized carbons (Fsp3) is 0.417. The van der Waals surface area contributed by atoms with Gasteiger partial charge in [0.25, 0.3) is 0 Å². The van der Waals surface area contributed by atoms with Crippen LogP contribution < -0.4 is 4.74 Å². The first-order valence-electron chi connectivity index (χ1n) is 4.85. The minimum atomic E-state index is 0.152. The molecule has 1 aromatic rings. The summed E-state index contributed by atoms with van der Waals surface area (Å²) in [5.41, 5.74) is 0.951. The van der Waals surface area contributed by atoms with Gasteiger partial charge in [-0.2, -0.15) is 0 Å². The number of para-hydroxylation sites is 1. The van der Waals surface area contributed by atoms with Crippen molar-refractivity contribution in [1.82, 2.24) is 0 Å². The van der Waals surface area contributed by atoms with E-state index in [9.17, 15) is 4.79 Å². The zero-order valence-corrected chi connectivity index (χ0v) is 9.33. The maximum atomic E-state index is 10.8. The molecule has 1 aromatic carbocycles. The number of ether oxygens (including phenoxy) is 1. The molecule has 0 saturated heterocycles. The molecule has 0 aliphatic rings. The molecule has 14 heavy (non-hydrogen) atoms. The van der Waals surface area contributed by atoms with Crippen LogP contribution in [-0.2, 0) is 11.2 Å². The van der Waals surface area contributed by atoms with E-state index in [1.165, 1.54) is 0 Å². The van der Waals surface area contributed by atoms with Crippen molar-refractivity contribution < 1.29 is 9.53 Å². The van der Waals surface area contributed by atoms with Gasteiger partial charge in [-0.3, -0.25) is 4.79 Å². The Morgan fingerprint density at radius 3 is 2.36 bits per heavy atom. The van der Waals surface area contributed by atoms with Crippen LogP contribution in [0.1, 0.15) is 26.3 Å². The molecule has 0 saturated carbocycles. The Balaban J connectivity index is 0.000000791. The van der Waals surface area contributed by atoms with Crippen LogP contribution in [0.15, 0.2) is 24.3 Å². The minimum absolute atomic E-state index is 0.152. The molecule has 0 fully saturated rings. The number of carbonyl (C=O) groups is 1. The summed E-state index contributed by atoms with van der Waals surface area (Å²) in [6.07, 6.45) is 0.448. The lowest BCUT2D eigenvalue weighted by Crippen LogP contribution is -1.98. The summed E-state index contributed by atoms with van der Waals surface area (Å²) in [6, 6.07) is 7.56. The topological polar surface area (TPSA) is 26.3 Å². The zero-order chi connectivity index (χ0) is 11.0. The zero-order valence-electron chi connectivity index (χ0n) is 9.33. The van der Waals surface area contributed by atoms with Crippen molar-refractivity contribution in [2.24, 2.45) is 0 Å². The van der Waals surface area contributed by atoms with Gasteiger partial charge in [-0.15, -0.1) is 0 Å². The van der Waals surface area contributed by atoms with E-state index in [1.807, 2.05) is 38.1 Å². The Bertz CT molecular complexity index is 279. The highest BCUT2D eigenvalue weighted by Crippen LogP contribution is 2.17. The molecule has 0 heterocycles. The van der Waals surface area contributed by atoms with E-state index in [1.54, 1.807) is 14.0 Å². The van der Waals surface area contributed by atoms with E-state index < -0.39 is 0 Å². The first kappa shape index (κ1) is 12.7. The predicted molar refractivity (Wildman–Crippen MR) is 58.7 cm³/mol. The molecule has 0 radical (unpaired) electrons. The number of hydrogen-bond acceptors (Lipinski definition) is 2. The van der Waals surface area contributed by atoms with Crippen LogP contribution in [0.25, 0.3) is 0 Å². The Labute approximate surface area is 85.9 Å². The fourth-order valence-electron chi connectivity index (χ4n) is 1.12. The smallest absolute Gasteiger partial charge is 0.134 e. The lowest BCUT2D eigenvalue weighted by Gasteiger charge is -2.05. The molecule has 2 heteroatoms. The molecule has 0 aliphatic heterocycles. The second kappa shape index (κ2) is 7.13. The highest BCUT2D eigenvalue weighted by atomic mass is 16.5. The number of hydrogen-bond donors (Lipinski definition) is 0. The SMILES string of the molecule is CC.COc1ccccc1CC(C)=O. The molecule has 0 aromatic heterocycles. The summed E-state index contributed by atoms with van der Waals surface area (Å²) < 4.78 is 5.09. The van der Waals surface area contributed by atoms with Crippen molar-refractivity contribution in [2.75, 3.05) is 7.11 Å². The molecule has 0 spiro atoms. The Morgan fingerprint density at radius 2 is 1.86 bits per heavy atom. The van der Waals surface area contributed by atoms with Gasteiger partial charge in [0.2, 0.25) is 0 Å². The number of Topliss-reactive ketones (excluding diaryl/α,β-unsaturated/α-hetero) is 1. The number of rotatable bonds is 3. The first-order chi connectivity index (χ1) is 6.74. The van der Waals surface area contributed by atoms with E-state index >= 15 is 0 Å². The van der Waals surface area contributed by atoms with Crippen molar-refractivity contribution in [2.45, 2.75) is 27.2 Å². The number of ketones is 1. The average molecular weight is 194 g/mol. The highest BCUT2D eigenvalue weighted by Gasteiger charge is 2.02. The summed E-state index contributed by atoms with van der Waals surface area (Å²) in [5, 5.41) is 0. The summed E-state index contributed by atoms with van der Waals surface area (Å²) in [4.78, 5) is 10.8. The van der Waals surface area contributed by atoms with Gasteiger partial charge in [0.05, 0.1) is 7.11 Å². The monoisotopic (exact) mass is 194 g/mol. The lowest BCUT2D eigenvalue weighted by atomic mass is 10.1. The third-order valence-corrected chi connectivity index (χ3v) is 1.63. The highest BCUT2D eigenvalue weighted by molar-refractivity contribution is 5.78. The van der Waals surface area contributed by atoms with Crippen molar-refractivity contribution in [3.63, 3.8) is 0 Å². The van der Waals surface area contributed by atoms with Crippen LogP contribution in [0.2, 0.25) is 0 Å². The van der Waals surface area contributed by atoms with Crippen LogP contribution >= 0.6 is 0 Å². The Hall–Kier alpha value is -1.31. The van der Waals surface area contributed by atoms with Gasteiger partial charge >= 0.3 is 0 Å². The molecule has 0 amide bonds. The Morgan fingerprint density at radius 1 is 1.29 bits per heavy atom. The van der Waals surface area contributed by atoms with E-state index in [-0.39, 0.29) is 5.78 Å². The van der Waals surface area contributed by atoms with Gasteiger partial charge < -0.3 is 4.74 Å². The summed E-state index contributed by atoms with van der Waals surface area (Å²) in [6.45, 7) is 5.58. The summed E-state index contributed by atoms with van der Waals surface area (Å²) in [5.74, 6) is 0.937. The molecule has 2 nitrogen and oxygen atoms in total. The van der Waals surface area contributed by atoms with Gasteiger partial charge in [0, 0.05) is 12.0 Å². The van der Waals surface area contributed by atoms with Gasteiger partial charge in [0.15, 0.2) is 0 Å². The number of carbonyl (C=O) groups excluding carboxylic acids is 1. The maximum absolute atomic E-state index is 10.8. The minimum Gasteiger partial charge on any atom is -0.496 e. The van der Waals surface area contributed by atoms with Crippen molar-refractivity contribution in [3.8, 4) is 5.75 Å². The number of benzene rings is 1. The van der Waals surface area contributed by atoms with Crippen molar-refractivity contribution >= 4 is 5.78 Å². The molecule has 0 aliphatic carbocycles. The maximum Gasteiger partial charge on any atom is 0.134 e. The quantitative estimate of drug-likeness (QED) is 0.739. The van der Waals surface area contributed by atoms with Crippen molar-refractivity contribution in [3.05, 3.63) is 29.8 Å². The van der Waals surface area contributed by atoms with E-state index in [0.717, 1.165) is 11.3 Å². The van der Waals surface area contributed by atoms with Gasteiger partial charge in [0.1, 0.15) is 11.5 Å². The second-order valence-corrected chi connectivity index (χ2v) is 2.69. The molecule has 0 N–H and O–H groups in total. The van der Waals surface area contributed by atoms with Gasteiger partial charge in [-0.05, 0) is 13.0 Å². The summed E-state index contributed by atoms with van der Waals surface area (Å²) in [7, 11) is 1.61. The molecule has 1 rings (SSSR count). The number of methoxy groups -OCH3 is 1. The van der Waals surface area contributed by atoms with Crippen LogP contribution in [-0.4, -0.2) is 12.9 Å². The third-order valence-electron chi connectivity index (χ3n) is 1.63. The van der Waals surface area contributed by atoms with Gasteiger partial charge in [-0.1, -0.05) is 32.0 Å². The molecular formula is C12H18O2. The van der Waals surface area contributed by atoms with Crippen LogP contribution in [0, 0.1) is 0 Å². The standard InChI is InChI=1S/C10H12O2.C2H6/c1-8(11)7-9-5-3-4-6-10(9)12-2;1-2/h3-6H,7H2,1-2H3;1-2H3. The van der Waals surface area contributed by atoms with Crippen LogP contribution in [0.3, 0.4) is 0 Å². The van der Waals surface area contributed by atoms with Crippen LogP contribution in [0.5, 0.6) is 5.75 Å². The normalized spacial score (nSPS) is 8.57. The molecule has 0 unspecified atom stereocenters. The predicted octanol–water partition coefficient (Wildman–Crippen LogP) is 2.85. The van der Waals surface area contributed by atoms with Crippen LogP contribution in [0.4, 0.5) is 0 Å². The van der Waals surface area contributed by atoms with E-state index in [4.69, 9.17) is 4.74 Å². The second-order valence-electron chi connectivity index (χ2n) is 2.69. The first-order valence-corrected chi connectivity index (χ1v) is 4.85. The molecular weight excluding hydrogens is 176 g/mol. The molecule has 0 bridgehead atoms. The average Bonchev–Trinajstić information content (AvgIpc) is 2.21. The Kier molecular flexibility index (Phi) is 6.46. The van der Waals surface area contributed by atoms with E-state index in [2.05, 4.69) is 0 Å². The summed E-state index contributed by atoms with van der Waals surface area (Å²) >= 11 is 0. The third kappa shape index (κ3) is 4.08.